The van der Waals surface area contributed by atoms with E-state index < -0.39 is 77.3 Å². The Morgan fingerprint density at radius 2 is 0.983 bits per heavy atom. The van der Waals surface area contributed by atoms with Gasteiger partial charge in [0.25, 0.3) is 0 Å². The molecule has 2 aromatic carbocycles. The number of aromatic nitrogens is 2. The molecule has 2 N–H and O–H groups in total. The van der Waals surface area contributed by atoms with Crippen LogP contribution in [0.1, 0.15) is 96.6 Å². The summed E-state index contributed by atoms with van der Waals surface area (Å²) in [6, 6.07) is 6.29. The van der Waals surface area contributed by atoms with Crippen molar-refractivity contribution in [2.75, 3.05) is 10.6 Å². The Morgan fingerprint density at radius 1 is 0.610 bits per heavy atom. The molecule has 0 fully saturated rings. The Balaban J connectivity index is 0.000000316. The minimum atomic E-state index is -4.58. The summed E-state index contributed by atoms with van der Waals surface area (Å²) < 4.78 is 129. The van der Waals surface area contributed by atoms with E-state index in [4.69, 9.17) is 0 Å². The van der Waals surface area contributed by atoms with Gasteiger partial charge in [-0.3, -0.25) is 9.59 Å². The number of amides is 2. The van der Waals surface area contributed by atoms with Crippen molar-refractivity contribution in [2.24, 2.45) is 11.8 Å². The fourth-order valence-electron chi connectivity index (χ4n) is 5.74. The van der Waals surface area contributed by atoms with E-state index in [2.05, 4.69) is 20.6 Å². The lowest BCUT2D eigenvalue weighted by molar-refractivity contribution is -0.138. The van der Waals surface area contributed by atoms with Gasteiger partial charge < -0.3 is 10.6 Å². The molecule has 0 aliphatic heterocycles. The van der Waals surface area contributed by atoms with Gasteiger partial charge >= 0.3 is 12.4 Å². The van der Waals surface area contributed by atoms with Crippen molar-refractivity contribution >= 4 is 64.4 Å². The molecule has 0 aliphatic rings. The first-order valence-electron chi connectivity index (χ1n) is 18.1. The summed E-state index contributed by atoms with van der Waals surface area (Å²) in [4.78, 5) is 34.6. The van der Waals surface area contributed by atoms with Crippen molar-refractivity contribution < 1.29 is 52.8 Å². The van der Waals surface area contributed by atoms with Crippen LogP contribution in [0, 0.1) is 18.8 Å². The highest BCUT2D eigenvalue weighted by atomic mass is 32.2. The molecule has 2 heterocycles. The monoisotopic (exact) mass is 910 g/mol. The molecule has 4 aromatic rings. The Hall–Kier alpha value is -3.88. The number of anilines is 2. The first kappa shape index (κ1) is 49.5. The minimum Gasteiger partial charge on any atom is -0.301 e. The van der Waals surface area contributed by atoms with Crippen LogP contribution in [0.2, 0.25) is 0 Å². The van der Waals surface area contributed by atoms with Gasteiger partial charge in [0, 0.05) is 15.7 Å². The number of nitrogens with zero attached hydrogens (tertiary/aromatic N) is 2. The summed E-state index contributed by atoms with van der Waals surface area (Å²) >= 11 is 2.45. The van der Waals surface area contributed by atoms with E-state index in [0.717, 1.165) is 40.5 Å². The molecule has 0 aliphatic carbocycles. The van der Waals surface area contributed by atoms with Gasteiger partial charge in [-0.05, 0) is 72.7 Å². The zero-order valence-electron chi connectivity index (χ0n) is 34.3. The number of benzene rings is 2. The molecule has 2 amide bonds. The van der Waals surface area contributed by atoms with Gasteiger partial charge in [-0.25, -0.2) is 26.8 Å². The molecule has 4 rings (SSSR count). The third kappa shape index (κ3) is 12.3. The van der Waals surface area contributed by atoms with E-state index in [9.17, 15) is 52.8 Å². The van der Waals surface area contributed by atoms with Crippen LogP contribution in [-0.2, 0) is 52.4 Å². The lowest BCUT2D eigenvalue weighted by atomic mass is 9.93. The number of hydrogen-bond donors (Lipinski definition) is 2. The lowest BCUT2D eigenvalue weighted by Gasteiger charge is -2.20. The van der Waals surface area contributed by atoms with Crippen LogP contribution in [0.25, 0.3) is 0 Å². The molecular formula is C39H48F6N4O6S4. The van der Waals surface area contributed by atoms with Crippen molar-refractivity contribution in [3.63, 3.8) is 0 Å². The van der Waals surface area contributed by atoms with Gasteiger partial charge in [0.2, 0.25) is 11.8 Å². The SMILES string of the molecule is CC(C)C(C(=O)Nc1nc(C(C)(C)C)cs1)S(=O)(=O)c1ccc(C(F)(F)F)cc1.Cc1nc(NC(=O)C(C(C)C)S(=O)(=O)c2ccc(C(F)(F)F)cc2)sc1C(C)(C)C. The van der Waals surface area contributed by atoms with Crippen LogP contribution in [0.3, 0.4) is 0 Å². The fraction of sp³-hybridized carbons (Fsp3) is 0.487. The number of aryl methyl sites for hydroxylation is 1. The molecule has 2 atom stereocenters. The topological polar surface area (TPSA) is 152 Å². The second-order valence-electron chi connectivity index (χ2n) is 16.4. The first-order valence-corrected chi connectivity index (χ1v) is 22.9. The molecular weight excluding hydrogens is 863 g/mol. The maximum absolute atomic E-state index is 13.0. The van der Waals surface area contributed by atoms with Gasteiger partial charge in [0.05, 0.1) is 32.3 Å². The molecule has 0 saturated heterocycles. The second-order valence-corrected chi connectivity index (χ2v) is 22.4. The largest absolute Gasteiger partial charge is 0.416 e. The normalized spacial score (nSPS) is 14.1. The number of halogens is 6. The van der Waals surface area contributed by atoms with E-state index >= 15 is 0 Å². The maximum atomic E-state index is 13.0. The van der Waals surface area contributed by atoms with E-state index in [1.165, 1.54) is 22.7 Å². The summed E-state index contributed by atoms with van der Waals surface area (Å²) in [6.45, 7) is 20.0. The van der Waals surface area contributed by atoms with Crippen LogP contribution in [-0.4, -0.2) is 49.1 Å². The Morgan fingerprint density at radius 3 is 1.27 bits per heavy atom. The number of carbonyl (C=O) groups is 2. The highest BCUT2D eigenvalue weighted by molar-refractivity contribution is 7.93. The van der Waals surface area contributed by atoms with E-state index in [0.29, 0.717) is 24.3 Å². The lowest BCUT2D eigenvalue weighted by Crippen LogP contribution is -2.39. The van der Waals surface area contributed by atoms with Crippen LogP contribution in [0.5, 0.6) is 0 Å². The summed E-state index contributed by atoms with van der Waals surface area (Å²) in [5, 5.41) is 4.51. The number of nitrogens with one attached hydrogen (secondary N) is 2. The average Bonchev–Trinajstić information content (AvgIpc) is 3.70. The highest BCUT2D eigenvalue weighted by Gasteiger charge is 2.40. The van der Waals surface area contributed by atoms with Crippen LogP contribution in [0.15, 0.2) is 63.7 Å². The zero-order valence-corrected chi connectivity index (χ0v) is 37.5. The third-order valence-electron chi connectivity index (χ3n) is 8.63. The average molecular weight is 911 g/mol. The van der Waals surface area contributed by atoms with Crippen molar-refractivity contribution in [3.05, 3.63) is 81.3 Å². The van der Waals surface area contributed by atoms with Crippen LogP contribution < -0.4 is 10.6 Å². The molecule has 20 heteroatoms. The zero-order chi connectivity index (χ0) is 45.3. The van der Waals surface area contributed by atoms with Crippen molar-refractivity contribution in [2.45, 2.75) is 120 Å². The van der Waals surface area contributed by atoms with Gasteiger partial charge in [-0.15, -0.1) is 22.7 Å². The summed E-state index contributed by atoms with van der Waals surface area (Å²) in [6.07, 6.45) is -9.16. The van der Waals surface area contributed by atoms with Crippen LogP contribution in [0.4, 0.5) is 36.6 Å². The summed E-state index contributed by atoms with van der Waals surface area (Å²) in [5.74, 6) is -2.75. The van der Waals surface area contributed by atoms with Crippen molar-refractivity contribution in [3.8, 4) is 0 Å². The van der Waals surface area contributed by atoms with Crippen molar-refractivity contribution in [1.29, 1.82) is 0 Å². The van der Waals surface area contributed by atoms with Crippen molar-refractivity contribution in [1.82, 2.24) is 9.97 Å². The standard InChI is InChI=1S/C20H25F3N2O3S2.C19H23F3N2O3S2/c1-11(2)15(17(26)25-18-24-12(3)16(29-18)19(4,5)6)30(27,28)14-9-7-13(8-10-14)20(21,22)23;1-11(2)15(16(25)24-17-23-14(10-28-17)18(3,4)5)29(26,27)13-8-6-12(7-9-13)19(20,21)22/h7-11,15H,1-6H3,(H,24,25,26);6-11,15H,1-5H3,(H,23,24,25). The minimum absolute atomic E-state index is 0.186. The molecule has 0 radical (unpaired) electrons. The molecule has 2 unspecified atom stereocenters. The Bertz CT molecular complexity index is 2320. The fourth-order valence-corrected chi connectivity index (χ4v) is 11.4. The van der Waals surface area contributed by atoms with E-state index in [-0.39, 0.29) is 30.9 Å². The number of carbonyl (C=O) groups excluding carboxylic acids is 2. The number of alkyl halides is 6. The predicted molar refractivity (Wildman–Crippen MR) is 218 cm³/mol. The molecule has 0 bridgehead atoms. The predicted octanol–water partition coefficient (Wildman–Crippen LogP) is 10.1. The van der Waals surface area contributed by atoms with Gasteiger partial charge in [-0.1, -0.05) is 69.2 Å². The Labute approximate surface area is 349 Å². The number of rotatable bonds is 10. The number of hydrogen-bond acceptors (Lipinski definition) is 10. The molecule has 2 aromatic heterocycles. The smallest absolute Gasteiger partial charge is 0.301 e. The molecule has 0 saturated carbocycles. The van der Waals surface area contributed by atoms with Gasteiger partial charge in [-0.2, -0.15) is 26.3 Å². The molecule has 326 valence electrons. The Kier molecular flexibility index (Phi) is 15.1. The molecule has 10 nitrogen and oxygen atoms in total. The van der Waals surface area contributed by atoms with Crippen LogP contribution >= 0.6 is 22.7 Å². The third-order valence-corrected chi connectivity index (χ3v) is 15.6. The molecule has 0 spiro atoms. The number of sulfone groups is 2. The highest BCUT2D eigenvalue weighted by Crippen LogP contribution is 2.36. The summed E-state index contributed by atoms with van der Waals surface area (Å²) in [7, 11) is -8.42. The van der Waals surface area contributed by atoms with E-state index in [1.54, 1.807) is 33.1 Å². The second kappa shape index (κ2) is 18.0. The van der Waals surface area contributed by atoms with Gasteiger partial charge in [0.1, 0.15) is 10.5 Å². The van der Waals surface area contributed by atoms with E-state index in [1.807, 2.05) is 48.5 Å². The summed E-state index contributed by atoms with van der Waals surface area (Å²) in [5.41, 5.74) is -0.837. The quantitative estimate of drug-likeness (QED) is 0.149. The maximum Gasteiger partial charge on any atom is 0.416 e. The van der Waals surface area contributed by atoms with Gasteiger partial charge in [0.15, 0.2) is 29.9 Å². The molecule has 59 heavy (non-hydrogen) atoms. The first-order chi connectivity index (χ1) is 26.7. The number of thiazole rings is 2.